The van der Waals surface area contributed by atoms with Crippen LogP contribution in [0, 0.1) is 5.41 Å². The predicted molar refractivity (Wildman–Crippen MR) is 114 cm³/mol. The van der Waals surface area contributed by atoms with Crippen molar-refractivity contribution in [3.63, 3.8) is 0 Å². The summed E-state index contributed by atoms with van der Waals surface area (Å²) in [5.41, 5.74) is 7.58. The van der Waals surface area contributed by atoms with E-state index in [-0.39, 0.29) is 21.4 Å². The molecule has 144 valence electrons. The minimum atomic E-state index is -3.78. The third-order valence-corrected chi connectivity index (χ3v) is 8.49. The fraction of sp³-hybridized carbons (Fsp3) is 0.100. The van der Waals surface area contributed by atoms with Crippen LogP contribution in [0.1, 0.15) is 22.2 Å². The van der Waals surface area contributed by atoms with Crippen molar-refractivity contribution in [2.75, 3.05) is 6.26 Å². The van der Waals surface area contributed by atoms with Crippen LogP contribution in [-0.4, -0.2) is 26.3 Å². The maximum absolute atomic E-state index is 13.2. The molecule has 2 aromatic carbocycles. The molecule has 0 bridgehead atoms. The number of thiophene rings is 1. The number of benzene rings is 2. The van der Waals surface area contributed by atoms with Crippen molar-refractivity contribution in [3.8, 4) is 11.1 Å². The summed E-state index contributed by atoms with van der Waals surface area (Å²) in [7, 11) is -3.78. The van der Waals surface area contributed by atoms with E-state index in [1.54, 1.807) is 42.7 Å². The van der Waals surface area contributed by atoms with Crippen LogP contribution in [0.5, 0.6) is 0 Å². The van der Waals surface area contributed by atoms with Crippen molar-refractivity contribution < 1.29 is 13.2 Å². The van der Waals surface area contributed by atoms with Gasteiger partial charge in [0.15, 0.2) is 5.78 Å². The Morgan fingerprint density at radius 2 is 1.71 bits per heavy atom. The number of sulfone groups is 1. The van der Waals surface area contributed by atoms with Gasteiger partial charge >= 0.3 is 0 Å². The molecule has 0 unspecified atom stereocenters. The van der Waals surface area contributed by atoms with Gasteiger partial charge in [-0.3, -0.25) is 10.2 Å². The molecule has 0 saturated carbocycles. The van der Waals surface area contributed by atoms with Gasteiger partial charge < -0.3 is 5.73 Å². The molecule has 3 aromatic rings. The van der Waals surface area contributed by atoms with Gasteiger partial charge in [0, 0.05) is 5.56 Å². The van der Waals surface area contributed by atoms with E-state index in [1.165, 1.54) is 36.1 Å². The lowest BCUT2D eigenvalue weighted by molar-refractivity contribution is 0.101. The maximum Gasteiger partial charge on any atom is 0.208 e. The minimum Gasteiger partial charge on any atom is -0.383 e. The summed E-state index contributed by atoms with van der Waals surface area (Å²) in [5, 5.41) is 7.59. The second-order valence-electron chi connectivity index (χ2n) is 6.05. The lowest BCUT2D eigenvalue weighted by Gasteiger charge is -2.08. The Morgan fingerprint density at radius 1 is 1.07 bits per heavy atom. The summed E-state index contributed by atoms with van der Waals surface area (Å²) in [6.07, 6.45) is 1.79. The average molecular weight is 431 g/mol. The number of hydrogen-bond acceptors (Lipinski definition) is 6. The summed E-state index contributed by atoms with van der Waals surface area (Å²) in [6, 6.07) is 15.2. The molecule has 0 atom stereocenters. The van der Waals surface area contributed by atoms with Crippen LogP contribution < -0.4 is 5.73 Å². The normalized spacial score (nSPS) is 11.4. The van der Waals surface area contributed by atoms with Gasteiger partial charge in [0.1, 0.15) is 5.84 Å². The molecule has 8 heteroatoms. The van der Waals surface area contributed by atoms with Gasteiger partial charge in [0.2, 0.25) is 9.84 Å². The molecule has 5 nitrogen and oxygen atoms in total. The Kier molecular flexibility index (Phi) is 5.74. The number of nitrogens with one attached hydrogen (secondary N) is 1. The Morgan fingerprint density at radius 3 is 2.32 bits per heavy atom. The molecule has 0 amide bonds. The van der Waals surface area contributed by atoms with Crippen LogP contribution in [0.3, 0.4) is 0 Å². The number of nitrogens with two attached hydrogens (primary N) is 1. The van der Waals surface area contributed by atoms with Crippen molar-refractivity contribution in [1.82, 2.24) is 0 Å². The van der Waals surface area contributed by atoms with E-state index in [1.807, 2.05) is 12.1 Å². The third-order valence-electron chi connectivity index (χ3n) is 4.15. The average Bonchev–Trinajstić information content (AvgIpc) is 3.14. The number of carbonyl (C=O) groups excluding carboxylic acids is 1. The Balaban J connectivity index is 2.10. The van der Waals surface area contributed by atoms with Gasteiger partial charge in [-0.15, -0.1) is 23.1 Å². The Bertz CT molecular complexity index is 1180. The molecule has 1 aromatic heterocycles. The van der Waals surface area contributed by atoms with Crippen molar-refractivity contribution in [2.24, 2.45) is 5.73 Å². The third kappa shape index (κ3) is 3.89. The van der Waals surface area contributed by atoms with Crippen LogP contribution in [0.2, 0.25) is 0 Å². The highest BCUT2D eigenvalue weighted by Gasteiger charge is 2.25. The first-order chi connectivity index (χ1) is 13.2. The first kappa shape index (κ1) is 20.3. The van der Waals surface area contributed by atoms with Crippen molar-refractivity contribution in [3.05, 3.63) is 65.0 Å². The minimum absolute atomic E-state index is 0.0507. The zero-order valence-corrected chi connectivity index (χ0v) is 17.7. The number of ketones is 1. The highest BCUT2D eigenvalue weighted by Crippen LogP contribution is 2.37. The van der Waals surface area contributed by atoms with E-state index in [9.17, 15) is 13.2 Å². The SMILES string of the molecule is CSc1sc(C(=N)N)cc1S(=O)(=O)c1cccc(-c2cccc(C(C)=O)c2)c1. The monoisotopic (exact) mass is 430 g/mol. The molecule has 3 N–H and O–H groups in total. The van der Waals surface area contributed by atoms with Gasteiger partial charge in [0.25, 0.3) is 0 Å². The molecule has 0 saturated heterocycles. The number of amidine groups is 1. The first-order valence-electron chi connectivity index (χ1n) is 8.23. The number of hydrogen-bond donors (Lipinski definition) is 2. The highest BCUT2D eigenvalue weighted by molar-refractivity contribution is 8.01. The van der Waals surface area contributed by atoms with Gasteiger partial charge in [-0.25, -0.2) is 8.42 Å². The summed E-state index contributed by atoms with van der Waals surface area (Å²) >= 11 is 2.50. The molecule has 0 aliphatic rings. The lowest BCUT2D eigenvalue weighted by Crippen LogP contribution is -2.08. The second-order valence-corrected chi connectivity index (χ2v) is 10.1. The van der Waals surface area contributed by atoms with Crippen molar-refractivity contribution in [2.45, 2.75) is 20.9 Å². The summed E-state index contributed by atoms with van der Waals surface area (Å²) in [6.45, 7) is 1.49. The van der Waals surface area contributed by atoms with E-state index in [4.69, 9.17) is 11.1 Å². The van der Waals surface area contributed by atoms with E-state index < -0.39 is 9.84 Å². The van der Waals surface area contributed by atoms with Gasteiger partial charge in [-0.2, -0.15) is 0 Å². The fourth-order valence-corrected chi connectivity index (χ4v) is 6.61. The van der Waals surface area contributed by atoms with Gasteiger partial charge in [0.05, 0.1) is 18.9 Å². The summed E-state index contributed by atoms with van der Waals surface area (Å²) < 4.78 is 27.1. The molecule has 0 aliphatic heterocycles. The van der Waals surface area contributed by atoms with Crippen molar-refractivity contribution >= 4 is 44.6 Å². The topological polar surface area (TPSA) is 101 Å². The Hall–Kier alpha value is -2.42. The standard InChI is InChI=1S/C20H18N2O3S3/c1-12(23)13-5-3-6-14(9-13)15-7-4-8-16(10-15)28(24,25)18-11-17(19(21)22)27-20(18)26-2/h3-11H,1-2H3,(H3,21,22). The van der Waals surface area contributed by atoms with E-state index in [0.717, 1.165) is 5.56 Å². The number of nitrogen functional groups attached to an aromatic ring is 1. The van der Waals surface area contributed by atoms with Gasteiger partial charge in [-0.05, 0) is 48.6 Å². The lowest BCUT2D eigenvalue weighted by atomic mass is 10.0. The molecule has 28 heavy (non-hydrogen) atoms. The number of thioether (sulfide) groups is 1. The number of rotatable bonds is 6. The summed E-state index contributed by atoms with van der Waals surface area (Å²) in [5.74, 6) is -0.207. The zero-order valence-electron chi connectivity index (χ0n) is 15.2. The molecule has 0 fully saturated rings. The van der Waals surface area contributed by atoms with Crippen LogP contribution in [-0.2, 0) is 9.84 Å². The van der Waals surface area contributed by atoms with Crippen LogP contribution in [0.4, 0.5) is 0 Å². The Labute approximate surface area is 172 Å². The number of carbonyl (C=O) groups is 1. The quantitative estimate of drug-likeness (QED) is 0.260. The summed E-state index contributed by atoms with van der Waals surface area (Å²) in [4.78, 5) is 12.4. The predicted octanol–water partition coefficient (Wildman–Crippen LogP) is 4.46. The molecule has 1 heterocycles. The zero-order chi connectivity index (χ0) is 20.5. The van der Waals surface area contributed by atoms with Crippen LogP contribution in [0.25, 0.3) is 11.1 Å². The van der Waals surface area contributed by atoms with Crippen molar-refractivity contribution in [1.29, 1.82) is 5.41 Å². The second kappa shape index (κ2) is 7.90. The van der Waals surface area contributed by atoms with Crippen LogP contribution in [0.15, 0.2) is 68.6 Å². The molecule has 0 spiro atoms. The van der Waals surface area contributed by atoms with E-state index >= 15 is 0 Å². The maximum atomic E-state index is 13.2. The van der Waals surface area contributed by atoms with E-state index in [0.29, 0.717) is 20.2 Å². The molecule has 3 rings (SSSR count). The molecule has 0 radical (unpaired) electrons. The molecular weight excluding hydrogens is 412 g/mol. The molecule has 0 aliphatic carbocycles. The van der Waals surface area contributed by atoms with E-state index in [2.05, 4.69) is 0 Å². The number of Topliss-reactive ketones (excluding diaryl/α,β-unsaturated/α-hetero) is 1. The largest absolute Gasteiger partial charge is 0.383 e. The molecular formula is C20H18N2O3S3. The smallest absolute Gasteiger partial charge is 0.208 e. The van der Waals surface area contributed by atoms with Crippen LogP contribution >= 0.6 is 23.1 Å². The fourth-order valence-electron chi connectivity index (χ4n) is 2.71. The highest BCUT2D eigenvalue weighted by atomic mass is 32.2. The van der Waals surface area contributed by atoms with Gasteiger partial charge in [-0.1, -0.05) is 30.3 Å². The first-order valence-corrected chi connectivity index (χ1v) is 11.7.